The topological polar surface area (TPSA) is 41.6 Å². The fourth-order valence-corrected chi connectivity index (χ4v) is 2.03. The molecule has 1 aliphatic rings. The van der Waals surface area contributed by atoms with Gasteiger partial charge in [-0.2, -0.15) is 0 Å². The highest BCUT2D eigenvalue weighted by Gasteiger charge is 2.17. The van der Waals surface area contributed by atoms with Crippen molar-refractivity contribution >= 4 is 5.91 Å². The van der Waals surface area contributed by atoms with Crippen molar-refractivity contribution in [2.75, 3.05) is 26.7 Å². The number of carbonyl (C=O) groups is 1. The molecule has 4 nitrogen and oxygen atoms in total. The summed E-state index contributed by atoms with van der Waals surface area (Å²) in [5.74, 6) is 0.0701. The van der Waals surface area contributed by atoms with Crippen LogP contribution in [0.5, 0.6) is 0 Å². The third-order valence-electron chi connectivity index (χ3n) is 3.28. The Morgan fingerprint density at radius 2 is 2.11 bits per heavy atom. The van der Waals surface area contributed by atoms with Crippen LogP contribution in [0.3, 0.4) is 0 Å². The normalized spacial score (nSPS) is 20.8. The molecule has 1 unspecified atom stereocenters. The molecular weight excluding hydrogens is 228 g/mol. The monoisotopic (exact) mass is 256 g/mol. The fraction of sp³-hybridized carbons (Fsp3) is 0.929. The van der Waals surface area contributed by atoms with Crippen LogP contribution in [0.1, 0.15) is 46.5 Å². The molecule has 106 valence electrons. The highest BCUT2D eigenvalue weighted by molar-refractivity contribution is 5.77. The van der Waals surface area contributed by atoms with E-state index in [0.29, 0.717) is 6.04 Å². The number of piperidine rings is 1. The van der Waals surface area contributed by atoms with Crippen molar-refractivity contribution < 1.29 is 9.53 Å². The summed E-state index contributed by atoms with van der Waals surface area (Å²) in [4.78, 5) is 13.6. The Hall–Kier alpha value is -0.610. The highest BCUT2D eigenvalue weighted by Crippen LogP contribution is 2.11. The predicted octanol–water partition coefficient (Wildman–Crippen LogP) is 1.79. The molecule has 4 heteroatoms. The summed E-state index contributed by atoms with van der Waals surface area (Å²) in [7, 11) is 1.86. The van der Waals surface area contributed by atoms with E-state index in [0.717, 1.165) is 19.5 Å². The molecule has 0 spiro atoms. The van der Waals surface area contributed by atoms with E-state index in [2.05, 4.69) is 5.32 Å². The second-order valence-electron chi connectivity index (χ2n) is 6.15. The summed E-state index contributed by atoms with van der Waals surface area (Å²) in [6.07, 6.45) is 4.87. The van der Waals surface area contributed by atoms with Gasteiger partial charge in [0.2, 0.25) is 5.91 Å². The Balaban J connectivity index is 2.18. The van der Waals surface area contributed by atoms with Crippen LogP contribution >= 0.6 is 0 Å². The zero-order valence-electron chi connectivity index (χ0n) is 12.3. The number of nitrogens with one attached hydrogen (secondary N) is 1. The maximum Gasteiger partial charge on any atom is 0.248 e. The quantitative estimate of drug-likeness (QED) is 0.815. The van der Waals surface area contributed by atoms with Crippen LogP contribution in [0, 0.1) is 0 Å². The van der Waals surface area contributed by atoms with Crippen LogP contribution in [0.4, 0.5) is 0 Å². The summed E-state index contributed by atoms with van der Waals surface area (Å²) in [5, 5.41) is 3.50. The summed E-state index contributed by atoms with van der Waals surface area (Å²) in [6.45, 7) is 8.00. The van der Waals surface area contributed by atoms with Gasteiger partial charge in [-0.1, -0.05) is 6.42 Å². The zero-order valence-corrected chi connectivity index (χ0v) is 12.3. The van der Waals surface area contributed by atoms with Crippen molar-refractivity contribution in [2.45, 2.75) is 58.1 Å². The zero-order chi connectivity index (χ0) is 13.6. The van der Waals surface area contributed by atoms with Gasteiger partial charge in [0, 0.05) is 19.6 Å². The van der Waals surface area contributed by atoms with Crippen LogP contribution < -0.4 is 5.32 Å². The first-order valence-corrected chi connectivity index (χ1v) is 7.00. The molecule has 1 amide bonds. The standard InChI is InChI=1S/C14H28N2O2/c1-14(2,3)18-11-13(17)16(4)10-8-12-7-5-6-9-15-12/h12,15H,5-11H2,1-4H3. The molecule has 0 aromatic carbocycles. The van der Waals surface area contributed by atoms with Crippen molar-refractivity contribution in [3.63, 3.8) is 0 Å². The number of rotatable bonds is 5. The molecule has 1 saturated heterocycles. The second kappa shape index (κ2) is 7.10. The highest BCUT2D eigenvalue weighted by atomic mass is 16.5. The van der Waals surface area contributed by atoms with E-state index in [1.54, 1.807) is 4.90 Å². The van der Waals surface area contributed by atoms with Gasteiger partial charge < -0.3 is 15.0 Å². The molecule has 0 radical (unpaired) electrons. The molecule has 1 N–H and O–H groups in total. The van der Waals surface area contributed by atoms with Crippen LogP contribution in [0.2, 0.25) is 0 Å². The van der Waals surface area contributed by atoms with Crippen molar-refractivity contribution in [3.8, 4) is 0 Å². The van der Waals surface area contributed by atoms with Crippen LogP contribution in [-0.2, 0) is 9.53 Å². The minimum Gasteiger partial charge on any atom is -0.366 e. The molecule has 0 saturated carbocycles. The lowest BCUT2D eigenvalue weighted by atomic mass is 10.0. The number of nitrogens with zero attached hydrogens (tertiary/aromatic N) is 1. The molecule has 1 atom stereocenters. The fourth-order valence-electron chi connectivity index (χ4n) is 2.03. The second-order valence-corrected chi connectivity index (χ2v) is 6.15. The van der Waals surface area contributed by atoms with E-state index < -0.39 is 0 Å². The third kappa shape index (κ3) is 6.36. The van der Waals surface area contributed by atoms with Gasteiger partial charge in [-0.25, -0.2) is 0 Å². The van der Waals surface area contributed by atoms with E-state index in [9.17, 15) is 4.79 Å². The van der Waals surface area contributed by atoms with Gasteiger partial charge in [-0.3, -0.25) is 4.79 Å². The van der Waals surface area contributed by atoms with Gasteiger partial charge in [0.15, 0.2) is 0 Å². The summed E-state index contributed by atoms with van der Waals surface area (Å²) in [6, 6.07) is 0.581. The molecular formula is C14H28N2O2. The lowest BCUT2D eigenvalue weighted by Gasteiger charge is -2.27. The Bertz CT molecular complexity index is 255. The molecule has 0 aromatic heterocycles. The maximum absolute atomic E-state index is 11.8. The first kappa shape index (κ1) is 15.4. The van der Waals surface area contributed by atoms with Gasteiger partial charge in [-0.05, 0) is 46.6 Å². The molecule has 1 fully saturated rings. The molecule has 1 heterocycles. The minimum atomic E-state index is -0.249. The number of likely N-dealkylation sites (N-methyl/N-ethyl adjacent to an activating group) is 1. The lowest BCUT2D eigenvalue weighted by molar-refractivity contribution is -0.139. The number of amides is 1. The average molecular weight is 256 g/mol. The predicted molar refractivity (Wildman–Crippen MR) is 73.6 cm³/mol. The van der Waals surface area contributed by atoms with Crippen molar-refractivity contribution in [3.05, 3.63) is 0 Å². The van der Waals surface area contributed by atoms with Crippen molar-refractivity contribution in [1.82, 2.24) is 10.2 Å². The molecule has 0 aromatic rings. The number of hydrogen-bond donors (Lipinski definition) is 1. The average Bonchev–Trinajstić information content (AvgIpc) is 2.33. The smallest absolute Gasteiger partial charge is 0.248 e. The van der Waals surface area contributed by atoms with Gasteiger partial charge in [0.25, 0.3) is 0 Å². The van der Waals surface area contributed by atoms with Gasteiger partial charge in [0.05, 0.1) is 5.60 Å². The number of hydrogen-bond acceptors (Lipinski definition) is 3. The van der Waals surface area contributed by atoms with Gasteiger partial charge in [-0.15, -0.1) is 0 Å². The summed E-state index contributed by atoms with van der Waals surface area (Å²) in [5.41, 5.74) is -0.249. The minimum absolute atomic E-state index is 0.0701. The molecule has 1 aliphatic heterocycles. The van der Waals surface area contributed by atoms with E-state index in [4.69, 9.17) is 4.74 Å². The Morgan fingerprint density at radius 3 is 2.67 bits per heavy atom. The van der Waals surface area contributed by atoms with Crippen molar-refractivity contribution in [1.29, 1.82) is 0 Å². The lowest BCUT2D eigenvalue weighted by Crippen LogP contribution is -2.39. The van der Waals surface area contributed by atoms with Gasteiger partial charge in [0.1, 0.15) is 6.61 Å². The Kier molecular flexibility index (Phi) is 6.09. The first-order chi connectivity index (χ1) is 8.38. The van der Waals surface area contributed by atoms with Crippen LogP contribution in [0.25, 0.3) is 0 Å². The first-order valence-electron chi connectivity index (χ1n) is 7.00. The van der Waals surface area contributed by atoms with Gasteiger partial charge >= 0.3 is 0 Å². The molecule has 0 aliphatic carbocycles. The third-order valence-corrected chi connectivity index (χ3v) is 3.28. The van der Waals surface area contributed by atoms with Crippen LogP contribution in [-0.4, -0.2) is 49.2 Å². The summed E-state index contributed by atoms with van der Waals surface area (Å²) >= 11 is 0. The van der Waals surface area contributed by atoms with Crippen molar-refractivity contribution in [2.24, 2.45) is 0 Å². The Labute approximate surface area is 111 Å². The van der Waals surface area contributed by atoms with E-state index in [-0.39, 0.29) is 18.1 Å². The molecule has 0 bridgehead atoms. The molecule has 1 rings (SSSR count). The van der Waals surface area contributed by atoms with E-state index in [1.807, 2.05) is 27.8 Å². The maximum atomic E-state index is 11.8. The molecule has 18 heavy (non-hydrogen) atoms. The Morgan fingerprint density at radius 1 is 1.39 bits per heavy atom. The SMILES string of the molecule is CN(CCC1CCCCN1)C(=O)COC(C)(C)C. The van der Waals surface area contributed by atoms with E-state index in [1.165, 1.54) is 19.3 Å². The van der Waals surface area contributed by atoms with E-state index >= 15 is 0 Å². The number of carbonyl (C=O) groups excluding carboxylic acids is 1. The number of ether oxygens (including phenoxy) is 1. The largest absolute Gasteiger partial charge is 0.366 e. The summed E-state index contributed by atoms with van der Waals surface area (Å²) < 4.78 is 5.50. The van der Waals surface area contributed by atoms with Crippen LogP contribution in [0.15, 0.2) is 0 Å².